The molecule has 1 N–H and O–H groups in total. The van der Waals surface area contributed by atoms with E-state index in [0.29, 0.717) is 17.2 Å². The van der Waals surface area contributed by atoms with E-state index in [1.54, 1.807) is 17.0 Å². The van der Waals surface area contributed by atoms with Gasteiger partial charge in [-0.2, -0.15) is 0 Å². The van der Waals surface area contributed by atoms with E-state index in [-0.39, 0.29) is 36.0 Å². The van der Waals surface area contributed by atoms with E-state index in [9.17, 15) is 14.0 Å². The third-order valence-electron chi connectivity index (χ3n) is 4.47. The fourth-order valence-electron chi connectivity index (χ4n) is 3.05. The first-order chi connectivity index (χ1) is 14.3. The third kappa shape index (κ3) is 7.65. The van der Waals surface area contributed by atoms with Crippen molar-refractivity contribution in [1.82, 2.24) is 10.2 Å². The molecule has 1 unspecified atom stereocenters. The normalized spacial score (nSPS) is 11.9. The molecule has 4 nitrogen and oxygen atoms in total. The maximum absolute atomic E-state index is 13.3. The number of thioether (sulfide) groups is 1. The minimum Gasteiger partial charge on any atom is -0.352 e. The summed E-state index contributed by atoms with van der Waals surface area (Å²) in [4.78, 5) is 27.4. The second-order valence-electron chi connectivity index (χ2n) is 7.36. The van der Waals surface area contributed by atoms with Crippen LogP contribution in [0.3, 0.4) is 0 Å². The zero-order valence-corrected chi connectivity index (χ0v) is 19.1. The minimum absolute atomic E-state index is 0.0217. The standard InChI is InChI=1S/C23H28ClFN2O2S/c1-4-21(23(29)26-16(2)3)27(13-17-8-10-20(25)11-9-17)22(28)15-30-14-18-6-5-7-19(24)12-18/h5-12,16,21H,4,13-15H2,1-3H3,(H,26,29). The molecule has 1 atom stereocenters. The lowest BCUT2D eigenvalue weighted by atomic mass is 10.1. The molecule has 0 aliphatic rings. The summed E-state index contributed by atoms with van der Waals surface area (Å²) < 4.78 is 13.3. The van der Waals surface area contributed by atoms with Crippen LogP contribution in [0.15, 0.2) is 48.5 Å². The lowest BCUT2D eigenvalue weighted by Crippen LogP contribution is -2.50. The molecule has 2 amide bonds. The predicted molar refractivity (Wildman–Crippen MR) is 122 cm³/mol. The van der Waals surface area contributed by atoms with E-state index in [0.717, 1.165) is 11.1 Å². The van der Waals surface area contributed by atoms with Gasteiger partial charge in [-0.3, -0.25) is 9.59 Å². The van der Waals surface area contributed by atoms with Gasteiger partial charge in [-0.15, -0.1) is 11.8 Å². The fourth-order valence-corrected chi connectivity index (χ4v) is 4.12. The number of halogens is 2. The van der Waals surface area contributed by atoms with Crippen LogP contribution in [0.1, 0.15) is 38.3 Å². The molecular weight excluding hydrogens is 423 g/mol. The molecule has 0 heterocycles. The molecule has 30 heavy (non-hydrogen) atoms. The maximum atomic E-state index is 13.3. The molecular formula is C23H28ClFN2O2S. The highest BCUT2D eigenvalue weighted by Gasteiger charge is 2.28. The van der Waals surface area contributed by atoms with Gasteiger partial charge in [-0.05, 0) is 55.7 Å². The number of benzene rings is 2. The summed E-state index contributed by atoms with van der Waals surface area (Å²) in [7, 11) is 0. The molecule has 0 aromatic heterocycles. The van der Waals surface area contributed by atoms with Crippen molar-refractivity contribution >= 4 is 35.2 Å². The number of nitrogens with one attached hydrogen (secondary N) is 1. The Morgan fingerprint density at radius 1 is 1.13 bits per heavy atom. The molecule has 0 fully saturated rings. The quantitative estimate of drug-likeness (QED) is 0.551. The highest BCUT2D eigenvalue weighted by atomic mass is 35.5. The minimum atomic E-state index is -0.586. The van der Waals surface area contributed by atoms with Gasteiger partial charge in [0.25, 0.3) is 0 Å². The predicted octanol–water partition coefficient (Wildman–Crippen LogP) is 5.04. The van der Waals surface area contributed by atoms with Gasteiger partial charge >= 0.3 is 0 Å². The molecule has 0 saturated carbocycles. The van der Waals surface area contributed by atoms with Gasteiger partial charge in [0, 0.05) is 23.4 Å². The Kier molecular flexibility index (Phi) is 9.66. The maximum Gasteiger partial charge on any atom is 0.243 e. The second kappa shape index (κ2) is 12.0. The lowest BCUT2D eigenvalue weighted by Gasteiger charge is -2.31. The summed E-state index contributed by atoms with van der Waals surface area (Å²) in [5, 5.41) is 3.56. The highest BCUT2D eigenvalue weighted by Crippen LogP contribution is 2.19. The molecule has 2 rings (SSSR count). The van der Waals surface area contributed by atoms with E-state index in [4.69, 9.17) is 11.6 Å². The summed E-state index contributed by atoms with van der Waals surface area (Å²) in [5.41, 5.74) is 1.82. The molecule has 2 aromatic carbocycles. The lowest BCUT2D eigenvalue weighted by molar-refractivity contribution is -0.139. The highest BCUT2D eigenvalue weighted by molar-refractivity contribution is 7.99. The van der Waals surface area contributed by atoms with E-state index in [1.807, 2.05) is 45.0 Å². The van der Waals surface area contributed by atoms with Crippen LogP contribution in [0.25, 0.3) is 0 Å². The van der Waals surface area contributed by atoms with Crippen LogP contribution in [-0.4, -0.2) is 34.6 Å². The second-order valence-corrected chi connectivity index (χ2v) is 8.78. The Morgan fingerprint density at radius 3 is 2.43 bits per heavy atom. The van der Waals surface area contributed by atoms with Crippen molar-refractivity contribution in [3.63, 3.8) is 0 Å². The van der Waals surface area contributed by atoms with Gasteiger partial charge in [0.2, 0.25) is 11.8 Å². The molecule has 0 saturated heterocycles. The van der Waals surface area contributed by atoms with Crippen molar-refractivity contribution in [2.45, 2.75) is 51.6 Å². The first kappa shape index (κ1) is 24.2. The molecule has 0 aliphatic carbocycles. The summed E-state index contributed by atoms with van der Waals surface area (Å²) in [6.45, 7) is 5.91. The summed E-state index contributed by atoms with van der Waals surface area (Å²) in [5.74, 6) is 0.239. The number of nitrogens with zero attached hydrogens (tertiary/aromatic N) is 1. The molecule has 0 spiro atoms. The molecule has 0 radical (unpaired) electrons. The van der Waals surface area contributed by atoms with Crippen molar-refractivity contribution in [3.8, 4) is 0 Å². The van der Waals surface area contributed by atoms with Crippen molar-refractivity contribution in [2.24, 2.45) is 0 Å². The van der Waals surface area contributed by atoms with Gasteiger partial charge in [-0.25, -0.2) is 4.39 Å². The van der Waals surface area contributed by atoms with Crippen molar-refractivity contribution < 1.29 is 14.0 Å². The van der Waals surface area contributed by atoms with E-state index in [2.05, 4.69) is 5.32 Å². The zero-order chi connectivity index (χ0) is 22.1. The van der Waals surface area contributed by atoms with Gasteiger partial charge in [0.1, 0.15) is 11.9 Å². The molecule has 0 aliphatic heterocycles. The van der Waals surface area contributed by atoms with Crippen LogP contribution in [-0.2, 0) is 21.9 Å². The Bertz CT molecular complexity index is 845. The first-order valence-corrected chi connectivity index (χ1v) is 11.5. The average Bonchev–Trinajstić information content (AvgIpc) is 2.68. The van der Waals surface area contributed by atoms with Crippen molar-refractivity contribution in [3.05, 3.63) is 70.5 Å². The number of amides is 2. The number of carbonyl (C=O) groups is 2. The third-order valence-corrected chi connectivity index (χ3v) is 5.69. The smallest absolute Gasteiger partial charge is 0.243 e. The van der Waals surface area contributed by atoms with E-state index >= 15 is 0 Å². The summed E-state index contributed by atoms with van der Waals surface area (Å²) >= 11 is 7.50. The Labute approximate surface area is 187 Å². The Hall–Kier alpha value is -2.05. The van der Waals surface area contributed by atoms with Gasteiger partial charge in [-0.1, -0.05) is 42.8 Å². The number of hydrogen-bond donors (Lipinski definition) is 1. The number of hydrogen-bond acceptors (Lipinski definition) is 3. The van der Waals surface area contributed by atoms with Crippen LogP contribution in [0.4, 0.5) is 4.39 Å². The summed E-state index contributed by atoms with van der Waals surface area (Å²) in [6, 6.07) is 12.9. The zero-order valence-electron chi connectivity index (χ0n) is 17.5. The largest absolute Gasteiger partial charge is 0.352 e. The number of carbonyl (C=O) groups excluding carboxylic acids is 2. The molecule has 0 bridgehead atoms. The molecule has 7 heteroatoms. The fraction of sp³-hybridized carbons (Fsp3) is 0.391. The van der Waals surface area contributed by atoms with Crippen molar-refractivity contribution in [2.75, 3.05) is 5.75 Å². The van der Waals surface area contributed by atoms with Crippen LogP contribution in [0.5, 0.6) is 0 Å². The van der Waals surface area contributed by atoms with Crippen molar-refractivity contribution in [1.29, 1.82) is 0 Å². The molecule has 162 valence electrons. The Morgan fingerprint density at radius 2 is 1.83 bits per heavy atom. The van der Waals surface area contributed by atoms with Crippen LogP contribution in [0, 0.1) is 5.82 Å². The Balaban J connectivity index is 2.12. The van der Waals surface area contributed by atoms with Gasteiger partial charge in [0.15, 0.2) is 0 Å². The van der Waals surface area contributed by atoms with E-state index < -0.39 is 6.04 Å². The van der Waals surface area contributed by atoms with Crippen LogP contribution in [0.2, 0.25) is 5.02 Å². The van der Waals surface area contributed by atoms with Gasteiger partial charge in [0.05, 0.1) is 5.75 Å². The SMILES string of the molecule is CCC(C(=O)NC(C)C)N(Cc1ccc(F)cc1)C(=O)CSCc1cccc(Cl)c1. The monoisotopic (exact) mass is 450 g/mol. The molecule has 2 aromatic rings. The average molecular weight is 451 g/mol. The van der Waals surface area contributed by atoms with Crippen LogP contribution >= 0.6 is 23.4 Å². The van der Waals surface area contributed by atoms with E-state index in [1.165, 1.54) is 23.9 Å². The summed E-state index contributed by atoms with van der Waals surface area (Å²) in [6.07, 6.45) is 0.491. The topological polar surface area (TPSA) is 49.4 Å². The van der Waals surface area contributed by atoms with Gasteiger partial charge < -0.3 is 10.2 Å². The van der Waals surface area contributed by atoms with Crippen LogP contribution < -0.4 is 5.32 Å². The first-order valence-electron chi connectivity index (χ1n) is 9.96. The number of rotatable bonds is 10.